The normalized spacial score (nSPS) is 23.1. The third-order valence-electron chi connectivity index (χ3n) is 4.40. The zero-order valence-corrected chi connectivity index (χ0v) is 12.1. The second kappa shape index (κ2) is 5.29. The Morgan fingerprint density at radius 3 is 2.37 bits per heavy atom. The lowest BCUT2D eigenvalue weighted by Crippen LogP contribution is -2.44. The molecule has 1 saturated heterocycles. The van der Waals surface area contributed by atoms with E-state index in [0.29, 0.717) is 0 Å². The fourth-order valence-corrected chi connectivity index (χ4v) is 2.97. The van der Waals surface area contributed by atoms with Crippen LogP contribution in [0.2, 0.25) is 0 Å². The van der Waals surface area contributed by atoms with E-state index in [1.807, 2.05) is 0 Å². The Morgan fingerprint density at radius 1 is 1.05 bits per heavy atom. The van der Waals surface area contributed by atoms with Crippen molar-refractivity contribution < 1.29 is 0 Å². The number of pyridine rings is 1. The molecule has 0 atom stereocenters. The first-order valence-electron chi connectivity index (χ1n) is 7.37. The topological polar surface area (TPSA) is 28.2 Å². The summed E-state index contributed by atoms with van der Waals surface area (Å²) in [6.45, 7) is 4.40. The Bertz CT molecular complexity index is 449. The smallest absolute Gasteiger partial charge is 0.132 e. The van der Waals surface area contributed by atoms with Gasteiger partial charge in [0.25, 0.3) is 0 Å². The van der Waals surface area contributed by atoms with Crippen molar-refractivity contribution in [3.05, 3.63) is 23.4 Å². The van der Waals surface area contributed by atoms with Gasteiger partial charge in [0.1, 0.15) is 5.82 Å². The minimum atomic E-state index is 0. The average Bonchev–Trinajstić information content (AvgIpc) is 3.32. The molecule has 3 fully saturated rings. The van der Waals surface area contributed by atoms with E-state index < -0.39 is 0 Å². The number of piperazine rings is 1. The number of hydrogen-bond donors (Lipinski definition) is 1. The Kier molecular flexibility index (Phi) is 3.68. The van der Waals surface area contributed by atoms with Gasteiger partial charge in [-0.05, 0) is 48.6 Å². The molecule has 4 heteroatoms. The van der Waals surface area contributed by atoms with Crippen LogP contribution in [0.5, 0.6) is 0 Å². The van der Waals surface area contributed by atoms with E-state index in [0.717, 1.165) is 38.0 Å². The summed E-state index contributed by atoms with van der Waals surface area (Å²) in [6.07, 6.45) is 7.63. The Hall–Kier alpha value is -0.800. The van der Waals surface area contributed by atoms with E-state index in [4.69, 9.17) is 4.98 Å². The number of rotatable bonds is 3. The summed E-state index contributed by atoms with van der Waals surface area (Å²) in [5.74, 6) is 2.91. The highest BCUT2D eigenvalue weighted by Gasteiger charge is 2.31. The lowest BCUT2D eigenvalue weighted by atomic mass is 10.1. The molecule has 1 aromatic heterocycles. The lowest BCUT2D eigenvalue weighted by molar-refractivity contribution is 0.583. The molecule has 19 heavy (non-hydrogen) atoms. The zero-order chi connectivity index (χ0) is 11.9. The van der Waals surface area contributed by atoms with Crippen LogP contribution in [0.4, 0.5) is 5.82 Å². The van der Waals surface area contributed by atoms with Crippen molar-refractivity contribution >= 4 is 18.2 Å². The third-order valence-corrected chi connectivity index (χ3v) is 4.40. The molecule has 2 saturated carbocycles. The molecule has 0 bridgehead atoms. The largest absolute Gasteiger partial charge is 0.354 e. The summed E-state index contributed by atoms with van der Waals surface area (Å²) in [5, 5.41) is 3.42. The minimum absolute atomic E-state index is 0. The number of nitrogens with one attached hydrogen (secondary N) is 1. The van der Waals surface area contributed by atoms with Gasteiger partial charge in [-0.15, -0.1) is 12.4 Å². The molecule has 0 aromatic carbocycles. The highest BCUT2D eigenvalue weighted by Crippen LogP contribution is 2.47. The second-order valence-corrected chi connectivity index (χ2v) is 5.97. The van der Waals surface area contributed by atoms with Gasteiger partial charge in [-0.1, -0.05) is 6.07 Å². The average molecular weight is 280 g/mol. The Balaban J connectivity index is 0.00000110. The summed E-state index contributed by atoms with van der Waals surface area (Å²) in [4.78, 5) is 7.30. The molecule has 104 valence electrons. The molecule has 0 spiro atoms. The van der Waals surface area contributed by atoms with E-state index in [-0.39, 0.29) is 12.4 Å². The van der Waals surface area contributed by atoms with Crippen LogP contribution in [-0.2, 0) is 0 Å². The van der Waals surface area contributed by atoms with Gasteiger partial charge in [0.2, 0.25) is 0 Å². The molecule has 1 aromatic rings. The fraction of sp³-hybridized carbons (Fsp3) is 0.667. The Morgan fingerprint density at radius 2 is 1.74 bits per heavy atom. The van der Waals surface area contributed by atoms with Crippen molar-refractivity contribution in [1.82, 2.24) is 10.3 Å². The van der Waals surface area contributed by atoms with Crippen LogP contribution in [-0.4, -0.2) is 31.2 Å². The number of nitrogens with zero attached hydrogens (tertiary/aromatic N) is 2. The van der Waals surface area contributed by atoms with Gasteiger partial charge in [0, 0.05) is 32.4 Å². The van der Waals surface area contributed by atoms with E-state index in [1.165, 1.54) is 37.1 Å². The van der Waals surface area contributed by atoms with E-state index in [2.05, 4.69) is 22.5 Å². The fourth-order valence-electron chi connectivity index (χ4n) is 2.97. The van der Waals surface area contributed by atoms with Gasteiger partial charge < -0.3 is 10.2 Å². The van der Waals surface area contributed by atoms with Crippen molar-refractivity contribution in [2.24, 2.45) is 0 Å². The summed E-state index contributed by atoms with van der Waals surface area (Å²) in [7, 11) is 0. The summed E-state index contributed by atoms with van der Waals surface area (Å²) in [6, 6.07) is 2.47. The molecule has 1 aliphatic heterocycles. The number of hydrogen-bond acceptors (Lipinski definition) is 3. The predicted molar refractivity (Wildman–Crippen MR) is 80.5 cm³/mol. The van der Waals surface area contributed by atoms with Gasteiger partial charge in [0.15, 0.2) is 0 Å². The molecule has 1 N–H and O–H groups in total. The number of anilines is 1. The molecule has 4 rings (SSSR count). The molecule has 0 amide bonds. The van der Waals surface area contributed by atoms with Crippen LogP contribution in [0, 0.1) is 0 Å². The van der Waals surface area contributed by atoms with Crippen LogP contribution in [0.15, 0.2) is 12.3 Å². The SMILES string of the molecule is Cl.c1nc(N2CCNCC2)c(C2CC2)cc1C1CC1. The molecular weight excluding hydrogens is 258 g/mol. The van der Waals surface area contributed by atoms with Crippen molar-refractivity contribution in [3.63, 3.8) is 0 Å². The predicted octanol–water partition coefficient (Wildman–Crippen LogP) is 2.67. The first kappa shape index (κ1) is 13.2. The highest BCUT2D eigenvalue weighted by molar-refractivity contribution is 5.85. The summed E-state index contributed by atoms with van der Waals surface area (Å²) < 4.78 is 0. The molecule has 3 nitrogen and oxygen atoms in total. The van der Waals surface area contributed by atoms with Crippen LogP contribution in [0.25, 0.3) is 0 Å². The third kappa shape index (κ3) is 2.72. The zero-order valence-electron chi connectivity index (χ0n) is 11.3. The summed E-state index contributed by atoms with van der Waals surface area (Å²) in [5.41, 5.74) is 3.04. The van der Waals surface area contributed by atoms with Crippen LogP contribution in [0.1, 0.15) is 48.6 Å². The standard InChI is InChI=1S/C15H21N3.ClH/c1-2-11(1)13-9-14(12-3-4-12)15(17-10-13)18-7-5-16-6-8-18;/h9-12,16H,1-8H2;1H. The first-order chi connectivity index (χ1) is 8.92. The molecule has 0 unspecified atom stereocenters. The number of aromatic nitrogens is 1. The lowest BCUT2D eigenvalue weighted by Gasteiger charge is -2.30. The van der Waals surface area contributed by atoms with Gasteiger partial charge >= 0.3 is 0 Å². The van der Waals surface area contributed by atoms with Crippen molar-refractivity contribution in [1.29, 1.82) is 0 Å². The van der Waals surface area contributed by atoms with Crippen LogP contribution >= 0.6 is 12.4 Å². The maximum atomic E-state index is 4.82. The van der Waals surface area contributed by atoms with Crippen LogP contribution < -0.4 is 10.2 Å². The van der Waals surface area contributed by atoms with Crippen LogP contribution in [0.3, 0.4) is 0 Å². The molecule has 2 heterocycles. The first-order valence-corrected chi connectivity index (χ1v) is 7.37. The van der Waals surface area contributed by atoms with E-state index in [1.54, 1.807) is 5.56 Å². The monoisotopic (exact) mass is 279 g/mol. The highest BCUT2D eigenvalue weighted by atomic mass is 35.5. The summed E-state index contributed by atoms with van der Waals surface area (Å²) >= 11 is 0. The Labute approximate surface area is 121 Å². The quantitative estimate of drug-likeness (QED) is 0.922. The van der Waals surface area contributed by atoms with E-state index in [9.17, 15) is 0 Å². The van der Waals surface area contributed by atoms with Gasteiger partial charge in [-0.3, -0.25) is 0 Å². The van der Waals surface area contributed by atoms with Crippen molar-refractivity contribution in [2.45, 2.75) is 37.5 Å². The van der Waals surface area contributed by atoms with Gasteiger partial charge in [-0.25, -0.2) is 4.98 Å². The van der Waals surface area contributed by atoms with Gasteiger partial charge in [0.05, 0.1) is 0 Å². The van der Waals surface area contributed by atoms with E-state index >= 15 is 0 Å². The molecule has 0 radical (unpaired) electrons. The van der Waals surface area contributed by atoms with Crippen molar-refractivity contribution in [3.8, 4) is 0 Å². The minimum Gasteiger partial charge on any atom is -0.354 e. The maximum Gasteiger partial charge on any atom is 0.132 e. The second-order valence-electron chi connectivity index (χ2n) is 5.97. The van der Waals surface area contributed by atoms with Gasteiger partial charge in [-0.2, -0.15) is 0 Å². The van der Waals surface area contributed by atoms with Crippen molar-refractivity contribution in [2.75, 3.05) is 31.1 Å². The maximum absolute atomic E-state index is 4.82. The molecule has 3 aliphatic rings. The molecular formula is C15H22ClN3. The number of halogens is 1. The molecule has 2 aliphatic carbocycles.